The SMILES string of the molecule is COC(=O)NC(C(=O)N1CCCC1c1nc2ccc(-c3ccc4cc(-c5cnc[nH]5)ccc4c3)cc2[nH]1)C(C)C. The number of amides is 2. The Kier molecular flexibility index (Phi) is 6.71. The third-order valence-electron chi connectivity index (χ3n) is 7.73. The summed E-state index contributed by atoms with van der Waals surface area (Å²) in [7, 11) is 1.30. The number of carbonyl (C=O) groups is 2. The number of nitrogens with one attached hydrogen (secondary N) is 3. The number of H-pyrrole nitrogens is 2. The molecule has 2 aromatic heterocycles. The van der Waals surface area contributed by atoms with E-state index in [0.717, 1.165) is 62.9 Å². The average molecular weight is 537 g/mol. The van der Waals surface area contributed by atoms with Crippen LogP contribution in [-0.2, 0) is 9.53 Å². The third kappa shape index (κ3) is 4.79. The molecule has 0 spiro atoms. The van der Waals surface area contributed by atoms with E-state index in [1.165, 1.54) is 7.11 Å². The summed E-state index contributed by atoms with van der Waals surface area (Å²) in [5.74, 6) is 0.574. The molecule has 0 saturated carbocycles. The molecule has 3 aromatic carbocycles. The molecule has 9 nitrogen and oxygen atoms in total. The number of hydrogen-bond donors (Lipinski definition) is 3. The molecule has 40 heavy (non-hydrogen) atoms. The molecule has 1 fully saturated rings. The molecule has 1 aliphatic rings. The minimum atomic E-state index is -0.660. The highest BCUT2D eigenvalue weighted by Gasteiger charge is 2.37. The molecule has 1 aliphatic heterocycles. The van der Waals surface area contributed by atoms with E-state index in [4.69, 9.17) is 9.72 Å². The first-order chi connectivity index (χ1) is 19.4. The molecule has 2 atom stereocenters. The number of aromatic amines is 2. The first-order valence-corrected chi connectivity index (χ1v) is 13.6. The van der Waals surface area contributed by atoms with Crippen LogP contribution in [0.1, 0.15) is 38.6 Å². The molecule has 204 valence electrons. The monoisotopic (exact) mass is 536 g/mol. The second kappa shape index (κ2) is 10.5. The lowest BCUT2D eigenvalue weighted by Gasteiger charge is -2.29. The topological polar surface area (TPSA) is 116 Å². The summed E-state index contributed by atoms with van der Waals surface area (Å²) in [6.07, 6.45) is 4.59. The molecular weight excluding hydrogens is 504 g/mol. The van der Waals surface area contributed by atoms with Gasteiger partial charge in [-0.05, 0) is 64.9 Å². The smallest absolute Gasteiger partial charge is 0.407 e. The Morgan fingerprint density at radius 2 is 1.75 bits per heavy atom. The van der Waals surface area contributed by atoms with Crippen LogP contribution in [0.5, 0.6) is 0 Å². The van der Waals surface area contributed by atoms with Gasteiger partial charge in [0.2, 0.25) is 5.91 Å². The fourth-order valence-corrected chi connectivity index (χ4v) is 5.57. The van der Waals surface area contributed by atoms with Crippen LogP contribution < -0.4 is 5.32 Å². The molecule has 5 aromatic rings. The lowest BCUT2D eigenvalue weighted by molar-refractivity contribution is -0.135. The van der Waals surface area contributed by atoms with Gasteiger partial charge in [0, 0.05) is 12.1 Å². The third-order valence-corrected chi connectivity index (χ3v) is 7.73. The fraction of sp³-hybridized carbons (Fsp3) is 0.290. The van der Waals surface area contributed by atoms with E-state index in [1.807, 2.05) is 31.0 Å². The minimum Gasteiger partial charge on any atom is -0.453 e. The molecule has 1 saturated heterocycles. The number of likely N-dealkylation sites (tertiary alicyclic amines) is 1. The number of aromatic nitrogens is 4. The van der Waals surface area contributed by atoms with Gasteiger partial charge in [-0.15, -0.1) is 0 Å². The largest absolute Gasteiger partial charge is 0.453 e. The van der Waals surface area contributed by atoms with Crippen molar-refractivity contribution in [3.05, 3.63) is 72.9 Å². The number of carbonyl (C=O) groups excluding carboxylic acids is 2. The highest BCUT2D eigenvalue weighted by Crippen LogP contribution is 2.34. The number of methoxy groups -OCH3 is 1. The van der Waals surface area contributed by atoms with Gasteiger partial charge >= 0.3 is 6.09 Å². The molecule has 2 unspecified atom stereocenters. The molecule has 3 N–H and O–H groups in total. The van der Waals surface area contributed by atoms with Crippen molar-refractivity contribution < 1.29 is 14.3 Å². The standard InChI is InChI=1S/C31H32N6O3/c1-18(2)28(36-31(39)40-3)30(38)37-12-4-5-27(37)29-34-24-11-10-22(15-25(24)35-29)20-6-7-21-14-23(9-8-19(21)13-20)26-16-32-17-33-26/h6-11,13-18,27-28H,4-5,12H2,1-3H3,(H,32,33)(H,34,35)(H,36,39). The van der Waals surface area contributed by atoms with Crippen molar-refractivity contribution in [1.82, 2.24) is 30.2 Å². The summed E-state index contributed by atoms with van der Waals surface area (Å²) in [6.45, 7) is 4.45. The second-order valence-electron chi connectivity index (χ2n) is 10.6. The van der Waals surface area contributed by atoms with Crippen molar-refractivity contribution in [3.63, 3.8) is 0 Å². The molecule has 0 bridgehead atoms. The van der Waals surface area contributed by atoms with Crippen molar-refractivity contribution in [3.8, 4) is 22.4 Å². The van der Waals surface area contributed by atoms with Crippen LogP contribution in [0.4, 0.5) is 4.79 Å². The first-order valence-electron chi connectivity index (χ1n) is 13.6. The van der Waals surface area contributed by atoms with Gasteiger partial charge in [0.15, 0.2) is 0 Å². The van der Waals surface area contributed by atoms with Crippen LogP contribution in [-0.4, -0.2) is 56.5 Å². The molecule has 9 heteroatoms. The molecule has 3 heterocycles. The number of imidazole rings is 2. The number of benzene rings is 3. The molecule has 2 amide bonds. The number of rotatable bonds is 6. The minimum absolute atomic E-state index is 0.0786. The van der Waals surface area contributed by atoms with E-state index >= 15 is 0 Å². The normalized spacial score (nSPS) is 16.1. The van der Waals surface area contributed by atoms with Crippen molar-refractivity contribution in [1.29, 1.82) is 0 Å². The van der Waals surface area contributed by atoms with Crippen LogP contribution in [0.2, 0.25) is 0 Å². The Morgan fingerprint density at radius 1 is 1.02 bits per heavy atom. The number of alkyl carbamates (subject to hydrolysis) is 1. The zero-order chi connectivity index (χ0) is 27.8. The molecule has 0 radical (unpaired) electrons. The van der Waals surface area contributed by atoms with Crippen LogP contribution in [0.25, 0.3) is 44.2 Å². The number of ether oxygens (including phenoxy) is 1. The zero-order valence-corrected chi connectivity index (χ0v) is 22.8. The van der Waals surface area contributed by atoms with E-state index in [2.05, 4.69) is 68.8 Å². The molecule has 0 aliphatic carbocycles. The van der Waals surface area contributed by atoms with Gasteiger partial charge in [0.1, 0.15) is 11.9 Å². The van der Waals surface area contributed by atoms with E-state index in [0.29, 0.717) is 6.54 Å². The maximum Gasteiger partial charge on any atom is 0.407 e. The maximum absolute atomic E-state index is 13.5. The van der Waals surface area contributed by atoms with Crippen LogP contribution in [0.15, 0.2) is 67.1 Å². The van der Waals surface area contributed by atoms with E-state index in [9.17, 15) is 9.59 Å². The van der Waals surface area contributed by atoms with Gasteiger partial charge in [0.25, 0.3) is 0 Å². The van der Waals surface area contributed by atoms with Crippen molar-refractivity contribution >= 4 is 33.8 Å². The highest BCUT2D eigenvalue weighted by molar-refractivity contribution is 5.92. The maximum atomic E-state index is 13.5. The number of fused-ring (bicyclic) bond motifs is 2. The summed E-state index contributed by atoms with van der Waals surface area (Å²) in [5, 5.41) is 5.02. The summed E-state index contributed by atoms with van der Waals surface area (Å²) in [6, 6.07) is 18.3. The Bertz CT molecular complexity index is 1690. The average Bonchev–Trinajstić information content (AvgIpc) is 3.75. The van der Waals surface area contributed by atoms with E-state index < -0.39 is 12.1 Å². The quantitative estimate of drug-likeness (QED) is 0.253. The van der Waals surface area contributed by atoms with Gasteiger partial charge in [-0.1, -0.05) is 44.2 Å². The van der Waals surface area contributed by atoms with Gasteiger partial charge in [0.05, 0.1) is 42.4 Å². The van der Waals surface area contributed by atoms with Crippen LogP contribution in [0.3, 0.4) is 0 Å². The van der Waals surface area contributed by atoms with Gasteiger partial charge in [-0.2, -0.15) is 0 Å². The van der Waals surface area contributed by atoms with Gasteiger partial charge in [-0.25, -0.2) is 14.8 Å². The van der Waals surface area contributed by atoms with E-state index in [-0.39, 0.29) is 17.9 Å². The lowest BCUT2D eigenvalue weighted by atomic mass is 9.99. The fourth-order valence-electron chi connectivity index (χ4n) is 5.57. The molecule has 6 rings (SSSR count). The Hall–Kier alpha value is -4.66. The summed E-state index contributed by atoms with van der Waals surface area (Å²) in [4.78, 5) is 42.8. The summed E-state index contributed by atoms with van der Waals surface area (Å²) in [5.41, 5.74) is 6.08. The first kappa shape index (κ1) is 25.6. The van der Waals surface area contributed by atoms with Crippen molar-refractivity contribution in [2.45, 2.75) is 38.8 Å². The molecular formula is C31H32N6O3. The van der Waals surface area contributed by atoms with Crippen LogP contribution >= 0.6 is 0 Å². The Morgan fingerprint density at radius 3 is 2.48 bits per heavy atom. The van der Waals surface area contributed by atoms with E-state index in [1.54, 1.807) is 6.33 Å². The zero-order valence-electron chi connectivity index (χ0n) is 22.8. The Labute approximate surface area is 232 Å². The lowest BCUT2D eigenvalue weighted by Crippen LogP contribution is -2.51. The van der Waals surface area contributed by atoms with Gasteiger partial charge in [-0.3, -0.25) is 4.79 Å². The second-order valence-corrected chi connectivity index (χ2v) is 10.6. The summed E-state index contributed by atoms with van der Waals surface area (Å²) < 4.78 is 4.74. The number of hydrogen-bond acceptors (Lipinski definition) is 5. The van der Waals surface area contributed by atoms with Gasteiger partial charge < -0.3 is 24.9 Å². The summed E-state index contributed by atoms with van der Waals surface area (Å²) >= 11 is 0. The van der Waals surface area contributed by atoms with Crippen LogP contribution in [0, 0.1) is 5.92 Å². The Balaban J connectivity index is 1.26. The predicted molar refractivity (Wildman–Crippen MR) is 154 cm³/mol. The van der Waals surface area contributed by atoms with Crippen molar-refractivity contribution in [2.24, 2.45) is 5.92 Å². The highest BCUT2D eigenvalue weighted by atomic mass is 16.5. The number of nitrogens with zero attached hydrogens (tertiary/aromatic N) is 3. The van der Waals surface area contributed by atoms with Crippen molar-refractivity contribution in [2.75, 3.05) is 13.7 Å². The predicted octanol–water partition coefficient (Wildman–Crippen LogP) is 5.82.